The maximum absolute atomic E-state index is 12.3. The summed E-state index contributed by atoms with van der Waals surface area (Å²) in [5.41, 5.74) is 2.34. The van der Waals surface area contributed by atoms with Crippen LogP contribution in [0.4, 0.5) is 0 Å². The summed E-state index contributed by atoms with van der Waals surface area (Å²) >= 11 is 1.93. The summed E-state index contributed by atoms with van der Waals surface area (Å²) in [6, 6.07) is 1.70. The van der Waals surface area contributed by atoms with Crippen molar-refractivity contribution in [2.75, 3.05) is 13.1 Å². The zero-order valence-corrected chi connectivity index (χ0v) is 17.3. The summed E-state index contributed by atoms with van der Waals surface area (Å²) in [7, 11) is 0. The molecule has 0 bridgehead atoms. The molecule has 1 aliphatic carbocycles. The van der Waals surface area contributed by atoms with Crippen LogP contribution < -0.4 is 5.56 Å². The average molecular weight is 387 g/mol. The molecule has 0 radical (unpaired) electrons. The van der Waals surface area contributed by atoms with E-state index in [0.29, 0.717) is 11.8 Å². The Kier molecular flexibility index (Phi) is 5.74. The highest BCUT2D eigenvalue weighted by atomic mass is 32.1. The first-order valence-corrected chi connectivity index (χ1v) is 11.2. The van der Waals surface area contributed by atoms with Crippen molar-refractivity contribution in [3.05, 3.63) is 44.0 Å². The second-order valence-electron chi connectivity index (χ2n) is 8.36. The number of aromatic nitrogens is 3. The van der Waals surface area contributed by atoms with Crippen LogP contribution in [-0.2, 0) is 25.9 Å². The number of hydrogen-bond donors (Lipinski definition) is 0. The molecule has 3 heterocycles. The van der Waals surface area contributed by atoms with Gasteiger partial charge >= 0.3 is 0 Å². The third-order valence-corrected chi connectivity index (χ3v) is 7.05. The lowest BCUT2D eigenvalue weighted by molar-refractivity contribution is 0.166. The number of rotatable bonds is 5. The highest BCUT2D eigenvalue weighted by Gasteiger charge is 2.22. The molecule has 4 rings (SSSR count). The topological polar surface area (TPSA) is 51.0 Å². The molecule has 0 amide bonds. The molecule has 27 heavy (non-hydrogen) atoms. The molecule has 5 nitrogen and oxygen atoms in total. The van der Waals surface area contributed by atoms with Gasteiger partial charge in [-0.2, -0.15) is 0 Å². The van der Waals surface area contributed by atoms with Crippen molar-refractivity contribution in [3.63, 3.8) is 0 Å². The van der Waals surface area contributed by atoms with Crippen LogP contribution in [0.2, 0.25) is 0 Å². The molecule has 0 aromatic carbocycles. The van der Waals surface area contributed by atoms with Gasteiger partial charge in [0.05, 0.1) is 24.3 Å². The van der Waals surface area contributed by atoms with Gasteiger partial charge < -0.3 is 0 Å². The fourth-order valence-electron chi connectivity index (χ4n) is 4.16. The second-order valence-corrected chi connectivity index (χ2v) is 9.53. The lowest BCUT2D eigenvalue weighted by atomic mass is 9.96. The zero-order chi connectivity index (χ0) is 18.8. The quantitative estimate of drug-likeness (QED) is 0.788. The van der Waals surface area contributed by atoms with Gasteiger partial charge in [-0.15, -0.1) is 11.3 Å². The number of hydrogen-bond acceptors (Lipinski definition) is 5. The predicted molar refractivity (Wildman–Crippen MR) is 109 cm³/mol. The summed E-state index contributed by atoms with van der Waals surface area (Å²) in [6.07, 6.45) is 9.05. The fraction of sp³-hybridized carbons (Fsp3) is 0.667. The van der Waals surface area contributed by atoms with Gasteiger partial charge in [0.25, 0.3) is 5.56 Å². The Morgan fingerprint density at radius 2 is 2.00 bits per heavy atom. The first-order valence-electron chi connectivity index (χ1n) is 10.3. The maximum Gasteiger partial charge on any atom is 0.253 e. The first kappa shape index (κ1) is 18.8. The second kappa shape index (κ2) is 8.23. The normalized spacial score (nSPS) is 18.8. The van der Waals surface area contributed by atoms with Crippen LogP contribution in [0, 0.1) is 5.92 Å². The van der Waals surface area contributed by atoms with Crippen molar-refractivity contribution in [1.29, 1.82) is 0 Å². The monoisotopic (exact) mass is 386 g/mol. The van der Waals surface area contributed by atoms with E-state index < -0.39 is 0 Å². The number of thiazole rings is 1. The van der Waals surface area contributed by atoms with Crippen LogP contribution in [0.25, 0.3) is 0 Å². The molecule has 0 N–H and O–H groups in total. The number of piperidine rings is 1. The van der Waals surface area contributed by atoms with Crippen LogP contribution in [0.5, 0.6) is 0 Å². The molecule has 0 atom stereocenters. The molecule has 2 aliphatic rings. The van der Waals surface area contributed by atoms with Gasteiger partial charge in [-0.1, -0.05) is 13.8 Å². The van der Waals surface area contributed by atoms with Gasteiger partial charge in [-0.25, -0.2) is 9.97 Å². The van der Waals surface area contributed by atoms with E-state index in [-0.39, 0.29) is 5.56 Å². The summed E-state index contributed by atoms with van der Waals surface area (Å²) in [5.74, 6) is 0.863. The van der Waals surface area contributed by atoms with Gasteiger partial charge in [0.15, 0.2) is 0 Å². The van der Waals surface area contributed by atoms with Crippen LogP contribution in [0.3, 0.4) is 0 Å². The van der Waals surface area contributed by atoms with Crippen molar-refractivity contribution in [3.8, 4) is 0 Å². The smallest absolute Gasteiger partial charge is 0.253 e. The molecular weight excluding hydrogens is 356 g/mol. The Balaban J connectivity index is 1.30. The lowest BCUT2D eigenvalue weighted by Gasteiger charge is -2.31. The summed E-state index contributed by atoms with van der Waals surface area (Å²) in [6.45, 7) is 8.13. The van der Waals surface area contributed by atoms with E-state index in [9.17, 15) is 4.79 Å². The number of nitrogens with zero attached hydrogens (tertiary/aromatic N) is 4. The molecule has 0 unspecified atom stereocenters. The molecule has 1 fully saturated rings. The molecule has 1 aliphatic heterocycles. The Hall–Kier alpha value is -1.53. The van der Waals surface area contributed by atoms with Crippen molar-refractivity contribution in [1.82, 2.24) is 19.4 Å². The Labute approximate surface area is 165 Å². The van der Waals surface area contributed by atoms with Crippen molar-refractivity contribution < 1.29 is 0 Å². The summed E-state index contributed by atoms with van der Waals surface area (Å²) < 4.78 is 1.79. The molecule has 0 saturated carbocycles. The van der Waals surface area contributed by atoms with Crippen LogP contribution in [0.1, 0.15) is 66.7 Å². The highest BCUT2D eigenvalue weighted by Crippen LogP contribution is 2.28. The molecule has 2 aromatic rings. The summed E-state index contributed by atoms with van der Waals surface area (Å²) in [4.78, 5) is 25.7. The van der Waals surface area contributed by atoms with Crippen molar-refractivity contribution in [2.45, 2.75) is 71.4 Å². The number of fused-ring (bicyclic) bond motifs is 1. The fourth-order valence-corrected chi connectivity index (χ4v) is 5.36. The Bertz CT molecular complexity index is 809. The van der Waals surface area contributed by atoms with Gasteiger partial charge in [-0.3, -0.25) is 14.3 Å². The van der Waals surface area contributed by atoms with E-state index >= 15 is 0 Å². The minimum Gasteiger partial charge on any atom is -0.299 e. The third kappa shape index (κ3) is 4.49. The van der Waals surface area contributed by atoms with E-state index in [4.69, 9.17) is 4.98 Å². The van der Waals surface area contributed by atoms with Crippen LogP contribution in [0.15, 0.2) is 17.2 Å². The molecule has 2 aromatic heterocycles. The van der Waals surface area contributed by atoms with Gasteiger partial charge in [0, 0.05) is 17.5 Å². The van der Waals surface area contributed by atoms with Crippen LogP contribution in [-0.4, -0.2) is 32.5 Å². The van der Waals surface area contributed by atoms with Crippen LogP contribution >= 0.6 is 11.3 Å². The predicted octanol–water partition coefficient (Wildman–Crippen LogP) is 3.61. The largest absolute Gasteiger partial charge is 0.299 e. The van der Waals surface area contributed by atoms with E-state index in [2.05, 4.69) is 23.7 Å². The Morgan fingerprint density at radius 1 is 1.22 bits per heavy atom. The van der Waals surface area contributed by atoms with E-state index in [1.165, 1.54) is 41.3 Å². The molecule has 1 saturated heterocycles. The van der Waals surface area contributed by atoms with E-state index in [0.717, 1.165) is 44.7 Å². The summed E-state index contributed by atoms with van der Waals surface area (Å²) in [5, 5.41) is 1.30. The minimum atomic E-state index is 0.0875. The average Bonchev–Trinajstić information content (AvgIpc) is 3.07. The maximum atomic E-state index is 12.3. The SMILES string of the molecule is CC(C)c1cc(=O)n(CC2CCN(Cc3nc4c(s3)CCCC4)CC2)cn1. The molecule has 0 spiro atoms. The van der Waals surface area contributed by atoms with Crippen molar-refractivity contribution >= 4 is 11.3 Å². The number of likely N-dealkylation sites (tertiary alicyclic amines) is 1. The van der Waals surface area contributed by atoms with Gasteiger partial charge in [0.2, 0.25) is 0 Å². The molecular formula is C21H30N4OS. The van der Waals surface area contributed by atoms with Gasteiger partial charge in [0.1, 0.15) is 5.01 Å². The zero-order valence-electron chi connectivity index (χ0n) is 16.5. The highest BCUT2D eigenvalue weighted by molar-refractivity contribution is 7.11. The standard InChI is InChI=1S/C21H30N4OS/c1-15(2)18-11-21(26)25(14-22-18)12-16-7-9-24(10-8-16)13-20-23-17-5-3-4-6-19(17)27-20/h11,14-16H,3-10,12-13H2,1-2H3. The number of aryl methyl sites for hydroxylation is 2. The van der Waals surface area contributed by atoms with E-state index in [1.54, 1.807) is 17.0 Å². The lowest BCUT2D eigenvalue weighted by Crippen LogP contribution is -2.36. The molecule has 6 heteroatoms. The first-order chi connectivity index (χ1) is 13.1. The third-order valence-electron chi connectivity index (χ3n) is 5.90. The molecule has 146 valence electrons. The minimum absolute atomic E-state index is 0.0875. The Morgan fingerprint density at radius 3 is 2.70 bits per heavy atom. The van der Waals surface area contributed by atoms with Crippen molar-refractivity contribution in [2.24, 2.45) is 5.92 Å². The van der Waals surface area contributed by atoms with Gasteiger partial charge in [-0.05, 0) is 63.5 Å². The van der Waals surface area contributed by atoms with E-state index in [1.807, 2.05) is 11.3 Å².